The summed E-state index contributed by atoms with van der Waals surface area (Å²) in [5.41, 5.74) is 1.66. The van der Waals surface area contributed by atoms with Crippen molar-refractivity contribution in [1.82, 2.24) is 4.90 Å². The summed E-state index contributed by atoms with van der Waals surface area (Å²) in [6, 6.07) is 12.4. The molecule has 0 aromatic heterocycles. The summed E-state index contributed by atoms with van der Waals surface area (Å²) in [6.07, 6.45) is 1.05. The largest absolute Gasteiger partial charge is 0.466 e. The fourth-order valence-electron chi connectivity index (χ4n) is 4.18. The summed E-state index contributed by atoms with van der Waals surface area (Å²) in [5.74, 6) is 0.0330. The van der Waals surface area contributed by atoms with Gasteiger partial charge >= 0.3 is 5.97 Å². The second-order valence-corrected chi connectivity index (χ2v) is 8.19. The Morgan fingerprint density at radius 2 is 1.65 bits per heavy atom. The number of likely N-dealkylation sites (tertiary alicyclic amines) is 1. The predicted molar refractivity (Wildman–Crippen MR) is 116 cm³/mol. The molecule has 1 aliphatic rings. The molecule has 2 aromatic rings. The van der Waals surface area contributed by atoms with E-state index in [1.807, 2.05) is 6.92 Å². The smallest absolute Gasteiger partial charge is 0.306 e. The molecule has 1 heterocycles. The number of piperidine rings is 1. The monoisotopic (exact) mass is 431 g/mol. The van der Waals surface area contributed by atoms with Crippen molar-refractivity contribution in [2.45, 2.75) is 32.8 Å². The number of halogens is 2. The number of nitrogens with zero attached hydrogens (tertiary/aromatic N) is 1. The van der Waals surface area contributed by atoms with Gasteiger partial charge in [0.2, 0.25) is 0 Å². The van der Waals surface area contributed by atoms with E-state index in [-0.39, 0.29) is 23.7 Å². The van der Waals surface area contributed by atoms with E-state index in [0.29, 0.717) is 31.5 Å². The number of hydrogen-bond donors (Lipinski definition) is 0. The molecule has 0 saturated carbocycles. The maximum Gasteiger partial charge on any atom is 0.306 e. The van der Waals surface area contributed by atoms with Crippen LogP contribution in [-0.2, 0) is 14.3 Å². The zero-order chi connectivity index (χ0) is 22.2. The number of carbonyl (C=O) groups is 1. The lowest BCUT2D eigenvalue weighted by atomic mass is 9.84. The molecule has 168 valence electrons. The number of rotatable bonds is 9. The third kappa shape index (κ3) is 6.84. The average Bonchev–Trinajstić information content (AvgIpc) is 2.75. The standard InChI is InChI=1S/C25H31F2NO3/c1-3-30-24(29)16-21-12-13-28(17-18(21)2)14-15-31-25(19-4-8-22(26)9-5-19)20-6-10-23(27)11-7-20/h4-11,18,21,25H,3,12-17H2,1-2H3/t18-,21-/m1/s1. The first-order chi connectivity index (χ1) is 15.0. The fraction of sp³-hybridized carbons (Fsp3) is 0.480. The summed E-state index contributed by atoms with van der Waals surface area (Å²) in [4.78, 5) is 14.1. The van der Waals surface area contributed by atoms with Gasteiger partial charge in [0.05, 0.1) is 13.2 Å². The van der Waals surface area contributed by atoms with Gasteiger partial charge in [0.15, 0.2) is 0 Å². The van der Waals surface area contributed by atoms with Gasteiger partial charge in [-0.1, -0.05) is 31.2 Å². The minimum absolute atomic E-state index is 0.113. The molecule has 0 amide bonds. The van der Waals surface area contributed by atoms with Gasteiger partial charge < -0.3 is 14.4 Å². The highest BCUT2D eigenvalue weighted by atomic mass is 19.1. The molecule has 0 N–H and O–H groups in total. The Morgan fingerprint density at radius 1 is 1.06 bits per heavy atom. The molecule has 31 heavy (non-hydrogen) atoms. The van der Waals surface area contributed by atoms with E-state index in [1.54, 1.807) is 24.3 Å². The van der Waals surface area contributed by atoms with Crippen molar-refractivity contribution in [1.29, 1.82) is 0 Å². The molecule has 3 rings (SSSR count). The molecular formula is C25H31F2NO3. The van der Waals surface area contributed by atoms with Crippen LogP contribution in [0.15, 0.2) is 48.5 Å². The zero-order valence-electron chi connectivity index (χ0n) is 18.2. The fourth-order valence-corrected chi connectivity index (χ4v) is 4.18. The molecule has 2 atom stereocenters. The van der Waals surface area contributed by atoms with Gasteiger partial charge in [0.1, 0.15) is 17.7 Å². The van der Waals surface area contributed by atoms with Crippen molar-refractivity contribution < 1.29 is 23.0 Å². The first-order valence-electron chi connectivity index (χ1n) is 11.0. The van der Waals surface area contributed by atoms with Crippen molar-refractivity contribution in [2.24, 2.45) is 11.8 Å². The Labute approximate surface area is 183 Å². The van der Waals surface area contributed by atoms with Crippen LogP contribution in [0.1, 0.15) is 43.9 Å². The summed E-state index contributed by atoms with van der Waals surface area (Å²) in [5, 5.41) is 0. The topological polar surface area (TPSA) is 38.8 Å². The Kier molecular flexibility index (Phi) is 8.55. The predicted octanol–water partition coefficient (Wildman–Crippen LogP) is 4.98. The molecule has 4 nitrogen and oxygen atoms in total. The Hall–Kier alpha value is -2.31. The number of esters is 1. The molecule has 1 fully saturated rings. The van der Waals surface area contributed by atoms with Crippen LogP contribution in [0.3, 0.4) is 0 Å². The van der Waals surface area contributed by atoms with Crippen molar-refractivity contribution >= 4 is 5.97 Å². The van der Waals surface area contributed by atoms with Crippen LogP contribution in [0.25, 0.3) is 0 Å². The molecule has 1 saturated heterocycles. The van der Waals surface area contributed by atoms with Gasteiger partial charge in [-0.25, -0.2) is 8.78 Å². The summed E-state index contributed by atoms with van der Waals surface area (Å²) in [6.45, 7) is 7.50. The minimum Gasteiger partial charge on any atom is -0.466 e. The van der Waals surface area contributed by atoms with E-state index in [4.69, 9.17) is 9.47 Å². The quantitative estimate of drug-likeness (QED) is 0.525. The molecule has 0 aliphatic carbocycles. The van der Waals surface area contributed by atoms with Crippen molar-refractivity contribution in [3.05, 3.63) is 71.3 Å². The second kappa shape index (κ2) is 11.3. The van der Waals surface area contributed by atoms with Crippen LogP contribution in [0.4, 0.5) is 8.78 Å². The molecule has 2 aromatic carbocycles. The van der Waals surface area contributed by atoms with Crippen LogP contribution >= 0.6 is 0 Å². The van der Waals surface area contributed by atoms with E-state index in [9.17, 15) is 13.6 Å². The van der Waals surface area contributed by atoms with Crippen molar-refractivity contribution in [3.63, 3.8) is 0 Å². The third-order valence-corrected chi connectivity index (χ3v) is 5.94. The lowest BCUT2D eigenvalue weighted by Gasteiger charge is -2.36. The SMILES string of the molecule is CCOC(=O)C[C@H]1CCN(CCOC(c2ccc(F)cc2)c2ccc(F)cc2)C[C@H]1C. The summed E-state index contributed by atoms with van der Waals surface area (Å²) < 4.78 is 38.0. The first-order valence-corrected chi connectivity index (χ1v) is 11.0. The van der Waals surface area contributed by atoms with Crippen LogP contribution in [0.2, 0.25) is 0 Å². The number of benzene rings is 2. The Balaban J connectivity index is 1.55. The van der Waals surface area contributed by atoms with E-state index >= 15 is 0 Å². The highest BCUT2D eigenvalue weighted by Crippen LogP contribution is 2.28. The van der Waals surface area contributed by atoms with E-state index < -0.39 is 0 Å². The Bertz CT molecular complexity index is 780. The van der Waals surface area contributed by atoms with Gasteiger partial charge in [-0.2, -0.15) is 0 Å². The van der Waals surface area contributed by atoms with Gasteiger partial charge in [-0.05, 0) is 67.1 Å². The van der Waals surface area contributed by atoms with Crippen LogP contribution < -0.4 is 0 Å². The summed E-state index contributed by atoms with van der Waals surface area (Å²) in [7, 11) is 0. The van der Waals surface area contributed by atoms with Crippen LogP contribution in [0.5, 0.6) is 0 Å². The highest BCUT2D eigenvalue weighted by molar-refractivity contribution is 5.69. The van der Waals surface area contributed by atoms with Crippen molar-refractivity contribution in [2.75, 3.05) is 32.8 Å². The number of hydrogen-bond acceptors (Lipinski definition) is 4. The minimum atomic E-state index is -0.389. The molecular weight excluding hydrogens is 400 g/mol. The molecule has 0 unspecified atom stereocenters. The molecule has 1 aliphatic heterocycles. The van der Waals surface area contributed by atoms with Gasteiger partial charge in [-0.15, -0.1) is 0 Å². The highest BCUT2D eigenvalue weighted by Gasteiger charge is 2.28. The second-order valence-electron chi connectivity index (χ2n) is 8.19. The van der Waals surface area contributed by atoms with E-state index in [1.165, 1.54) is 24.3 Å². The van der Waals surface area contributed by atoms with Crippen LogP contribution in [-0.4, -0.2) is 43.7 Å². The lowest BCUT2D eigenvalue weighted by Crippen LogP contribution is -2.41. The lowest BCUT2D eigenvalue weighted by molar-refractivity contribution is -0.145. The third-order valence-electron chi connectivity index (χ3n) is 5.94. The van der Waals surface area contributed by atoms with Gasteiger partial charge in [0, 0.05) is 19.5 Å². The van der Waals surface area contributed by atoms with E-state index in [2.05, 4.69) is 11.8 Å². The summed E-state index contributed by atoms with van der Waals surface area (Å²) >= 11 is 0. The zero-order valence-corrected chi connectivity index (χ0v) is 18.2. The van der Waals surface area contributed by atoms with E-state index in [0.717, 1.165) is 37.2 Å². The molecule has 0 bridgehead atoms. The van der Waals surface area contributed by atoms with Crippen LogP contribution in [0, 0.1) is 23.5 Å². The average molecular weight is 432 g/mol. The number of carbonyl (C=O) groups excluding carboxylic acids is 1. The Morgan fingerprint density at radius 3 is 2.16 bits per heavy atom. The first kappa shape index (κ1) is 23.4. The normalized spacial score (nSPS) is 19.5. The molecule has 6 heteroatoms. The van der Waals surface area contributed by atoms with Crippen molar-refractivity contribution in [3.8, 4) is 0 Å². The maximum absolute atomic E-state index is 13.4. The molecule has 0 radical (unpaired) electrons. The van der Waals surface area contributed by atoms with Gasteiger partial charge in [0.25, 0.3) is 0 Å². The molecule has 0 spiro atoms. The van der Waals surface area contributed by atoms with Gasteiger partial charge in [-0.3, -0.25) is 4.79 Å². The number of ether oxygens (including phenoxy) is 2. The maximum atomic E-state index is 13.4.